The van der Waals surface area contributed by atoms with Gasteiger partial charge in [0.2, 0.25) is 0 Å². The fourth-order valence-electron chi connectivity index (χ4n) is 2.12. The molecule has 0 saturated heterocycles. The molecule has 1 aliphatic rings. The van der Waals surface area contributed by atoms with Crippen LogP contribution in [0.2, 0.25) is 0 Å². The maximum absolute atomic E-state index is 13.6. The maximum Gasteiger partial charge on any atom is 0.195 e. The van der Waals surface area contributed by atoms with E-state index in [2.05, 4.69) is 5.32 Å². The van der Waals surface area contributed by atoms with E-state index in [0.29, 0.717) is 23.4 Å². The van der Waals surface area contributed by atoms with Crippen LogP contribution in [-0.4, -0.2) is 5.78 Å². The van der Waals surface area contributed by atoms with Gasteiger partial charge in [-0.05, 0) is 17.7 Å². The number of rotatable bonds is 0. The van der Waals surface area contributed by atoms with Gasteiger partial charge < -0.3 is 5.32 Å². The van der Waals surface area contributed by atoms with Crippen LogP contribution < -0.4 is 5.32 Å². The third-order valence-corrected chi connectivity index (χ3v) is 2.98. The first-order valence-corrected chi connectivity index (χ1v) is 5.42. The van der Waals surface area contributed by atoms with Gasteiger partial charge in [0.1, 0.15) is 5.82 Å². The molecule has 3 heteroatoms. The molecule has 0 bridgehead atoms. The molecule has 17 heavy (non-hydrogen) atoms. The van der Waals surface area contributed by atoms with E-state index >= 15 is 0 Å². The van der Waals surface area contributed by atoms with Crippen molar-refractivity contribution in [2.75, 3.05) is 5.32 Å². The number of ketones is 1. The van der Waals surface area contributed by atoms with E-state index < -0.39 is 0 Å². The Bertz CT molecular complexity index is 607. The Morgan fingerprint density at radius 3 is 2.65 bits per heavy atom. The van der Waals surface area contributed by atoms with Gasteiger partial charge in [-0.25, -0.2) is 4.39 Å². The number of carbonyl (C=O) groups is 1. The molecule has 0 radical (unpaired) electrons. The molecule has 2 aromatic carbocycles. The normalized spacial score (nSPS) is 13.4. The zero-order valence-electron chi connectivity index (χ0n) is 9.03. The highest BCUT2D eigenvalue weighted by atomic mass is 19.1. The summed E-state index contributed by atoms with van der Waals surface area (Å²) in [4.78, 5) is 12.3. The summed E-state index contributed by atoms with van der Waals surface area (Å²) in [7, 11) is 0. The van der Waals surface area contributed by atoms with Crippen molar-refractivity contribution >= 4 is 11.5 Å². The van der Waals surface area contributed by atoms with Crippen LogP contribution in [0.1, 0.15) is 21.5 Å². The predicted octanol–water partition coefficient (Wildman–Crippen LogP) is 2.98. The molecular formula is C14H10FNO. The monoisotopic (exact) mass is 227 g/mol. The minimum absolute atomic E-state index is 0.125. The second kappa shape index (κ2) is 3.70. The van der Waals surface area contributed by atoms with Gasteiger partial charge in [0.05, 0.1) is 5.69 Å². The molecule has 0 aliphatic carbocycles. The van der Waals surface area contributed by atoms with Crippen molar-refractivity contribution in [3.05, 3.63) is 65.0 Å². The number of hydrogen-bond donors (Lipinski definition) is 1. The van der Waals surface area contributed by atoms with Gasteiger partial charge in [-0.2, -0.15) is 0 Å². The molecule has 2 aromatic rings. The summed E-state index contributed by atoms with van der Waals surface area (Å²) in [6.45, 7) is 0.468. The minimum Gasteiger partial charge on any atom is -0.378 e. The van der Waals surface area contributed by atoms with Crippen molar-refractivity contribution in [3.63, 3.8) is 0 Å². The van der Waals surface area contributed by atoms with E-state index in [-0.39, 0.29) is 11.6 Å². The number of anilines is 1. The van der Waals surface area contributed by atoms with E-state index in [0.717, 1.165) is 5.56 Å². The Morgan fingerprint density at radius 1 is 1.00 bits per heavy atom. The summed E-state index contributed by atoms with van der Waals surface area (Å²) in [5.41, 5.74) is 2.24. The summed E-state index contributed by atoms with van der Waals surface area (Å²) in [5.74, 6) is -0.510. The van der Waals surface area contributed by atoms with Gasteiger partial charge in [0.15, 0.2) is 5.78 Å². The van der Waals surface area contributed by atoms with Crippen LogP contribution >= 0.6 is 0 Å². The van der Waals surface area contributed by atoms with Crippen molar-refractivity contribution in [3.8, 4) is 0 Å². The average molecular weight is 227 g/mol. The van der Waals surface area contributed by atoms with Crippen molar-refractivity contribution in [1.82, 2.24) is 0 Å². The zero-order valence-corrected chi connectivity index (χ0v) is 9.03. The number of nitrogens with one attached hydrogen (secondary N) is 1. The number of fused-ring (bicyclic) bond motifs is 2. The number of benzene rings is 2. The van der Waals surface area contributed by atoms with E-state index in [1.165, 1.54) is 6.07 Å². The first-order chi connectivity index (χ1) is 8.27. The standard InChI is InChI=1S/C14H10FNO/c15-12-7-3-6-11-13(12)16-8-9-4-1-2-5-10(9)14(11)17/h1-7,16H,8H2. The molecule has 0 spiro atoms. The van der Waals surface area contributed by atoms with Crippen molar-refractivity contribution < 1.29 is 9.18 Å². The highest BCUT2D eigenvalue weighted by molar-refractivity contribution is 6.13. The second-order valence-electron chi connectivity index (χ2n) is 4.00. The summed E-state index contributed by atoms with van der Waals surface area (Å²) in [6, 6.07) is 11.9. The van der Waals surface area contributed by atoms with Crippen molar-refractivity contribution in [1.29, 1.82) is 0 Å². The zero-order chi connectivity index (χ0) is 11.8. The third kappa shape index (κ3) is 1.51. The lowest BCUT2D eigenvalue weighted by atomic mass is 9.99. The lowest BCUT2D eigenvalue weighted by Crippen LogP contribution is -2.03. The fraction of sp³-hybridized carbons (Fsp3) is 0.0714. The van der Waals surface area contributed by atoms with Crippen LogP contribution in [0, 0.1) is 5.82 Å². The molecule has 1 aliphatic heterocycles. The molecule has 0 fully saturated rings. The Kier molecular flexibility index (Phi) is 2.18. The Morgan fingerprint density at radius 2 is 1.76 bits per heavy atom. The van der Waals surface area contributed by atoms with E-state index in [1.807, 2.05) is 18.2 Å². The maximum atomic E-state index is 13.6. The van der Waals surface area contributed by atoms with Gasteiger partial charge in [-0.1, -0.05) is 30.3 Å². The first-order valence-electron chi connectivity index (χ1n) is 5.42. The Hall–Kier alpha value is -2.16. The number of hydrogen-bond acceptors (Lipinski definition) is 2. The lowest BCUT2D eigenvalue weighted by molar-refractivity contribution is 0.103. The van der Waals surface area contributed by atoms with Crippen molar-refractivity contribution in [2.45, 2.75) is 6.54 Å². The second-order valence-corrected chi connectivity index (χ2v) is 4.00. The van der Waals surface area contributed by atoms with Gasteiger partial charge in [0, 0.05) is 17.7 Å². The largest absolute Gasteiger partial charge is 0.378 e. The molecule has 0 aromatic heterocycles. The van der Waals surface area contributed by atoms with Crippen LogP contribution in [0.25, 0.3) is 0 Å². The van der Waals surface area contributed by atoms with Crippen LogP contribution in [0.3, 0.4) is 0 Å². The highest BCUT2D eigenvalue weighted by Crippen LogP contribution is 2.28. The van der Waals surface area contributed by atoms with Gasteiger partial charge >= 0.3 is 0 Å². The average Bonchev–Trinajstić information content (AvgIpc) is 2.50. The number of halogens is 1. The van der Waals surface area contributed by atoms with Crippen LogP contribution in [0.4, 0.5) is 10.1 Å². The van der Waals surface area contributed by atoms with E-state index in [1.54, 1.807) is 18.2 Å². The molecule has 3 rings (SSSR count). The Balaban J connectivity index is 2.24. The molecular weight excluding hydrogens is 217 g/mol. The van der Waals surface area contributed by atoms with Gasteiger partial charge in [-0.15, -0.1) is 0 Å². The summed E-state index contributed by atoms with van der Waals surface area (Å²) < 4.78 is 13.6. The van der Waals surface area contributed by atoms with Crippen LogP contribution in [-0.2, 0) is 6.54 Å². The summed E-state index contributed by atoms with van der Waals surface area (Å²) >= 11 is 0. The molecule has 0 amide bonds. The number of para-hydroxylation sites is 1. The molecule has 1 heterocycles. The smallest absolute Gasteiger partial charge is 0.195 e. The first kappa shape index (κ1) is 10.0. The summed E-state index contributed by atoms with van der Waals surface area (Å²) in [6.07, 6.45) is 0. The minimum atomic E-state index is -0.386. The molecule has 2 nitrogen and oxygen atoms in total. The quantitative estimate of drug-likeness (QED) is 0.749. The van der Waals surface area contributed by atoms with Crippen LogP contribution in [0.15, 0.2) is 42.5 Å². The third-order valence-electron chi connectivity index (χ3n) is 2.98. The molecule has 0 atom stereocenters. The molecule has 0 saturated carbocycles. The highest BCUT2D eigenvalue weighted by Gasteiger charge is 2.22. The molecule has 1 N–H and O–H groups in total. The fourth-order valence-corrected chi connectivity index (χ4v) is 2.12. The Labute approximate surface area is 98.1 Å². The van der Waals surface area contributed by atoms with E-state index in [4.69, 9.17) is 0 Å². The summed E-state index contributed by atoms with van der Waals surface area (Å²) in [5, 5.41) is 2.98. The predicted molar refractivity (Wildman–Crippen MR) is 63.6 cm³/mol. The van der Waals surface area contributed by atoms with Crippen LogP contribution in [0.5, 0.6) is 0 Å². The van der Waals surface area contributed by atoms with E-state index in [9.17, 15) is 9.18 Å². The lowest BCUT2D eigenvalue weighted by Gasteiger charge is -2.06. The van der Waals surface area contributed by atoms with Crippen molar-refractivity contribution in [2.24, 2.45) is 0 Å². The SMILES string of the molecule is O=C1c2ccccc2CNc2c(F)cccc21. The topological polar surface area (TPSA) is 29.1 Å². The van der Waals surface area contributed by atoms with Gasteiger partial charge in [0.25, 0.3) is 0 Å². The van der Waals surface area contributed by atoms with Gasteiger partial charge in [-0.3, -0.25) is 4.79 Å². The number of carbonyl (C=O) groups excluding carboxylic acids is 1. The molecule has 84 valence electrons. The molecule has 0 unspecified atom stereocenters.